The highest BCUT2D eigenvalue weighted by atomic mass is 16.5. The van der Waals surface area contributed by atoms with Gasteiger partial charge < -0.3 is 24.8 Å². The van der Waals surface area contributed by atoms with Gasteiger partial charge in [-0.3, -0.25) is 9.59 Å². The van der Waals surface area contributed by atoms with E-state index in [0.717, 1.165) is 11.3 Å². The number of benzene rings is 2. The van der Waals surface area contributed by atoms with Gasteiger partial charge in [0.15, 0.2) is 11.5 Å². The van der Waals surface area contributed by atoms with Gasteiger partial charge >= 0.3 is 0 Å². The smallest absolute Gasteiger partial charge is 0.251 e. The fraction of sp³-hybridized carbons (Fsp3) is 0.417. The molecule has 0 aliphatic heterocycles. The van der Waals surface area contributed by atoms with Gasteiger partial charge in [-0.2, -0.15) is 0 Å². The van der Waals surface area contributed by atoms with Gasteiger partial charge in [0.25, 0.3) is 5.91 Å². The number of nitrogens with one attached hydrogen (secondary N) is 2. The van der Waals surface area contributed by atoms with Crippen LogP contribution in [0.3, 0.4) is 0 Å². The number of rotatable bonds is 11. The Bertz CT molecular complexity index is 851. The number of hydrogen-bond acceptors (Lipinski definition) is 5. The normalized spacial score (nSPS) is 10.5. The Hall–Kier alpha value is -3.22. The van der Waals surface area contributed by atoms with Gasteiger partial charge in [0.05, 0.1) is 19.8 Å². The maximum atomic E-state index is 12.8. The van der Waals surface area contributed by atoms with Crippen molar-refractivity contribution in [3.05, 3.63) is 47.5 Å². The molecular weight excluding hydrogens is 396 g/mol. The second-order valence-electron chi connectivity index (χ2n) is 7.12. The molecular formula is C24H32N2O5. The van der Waals surface area contributed by atoms with Gasteiger partial charge in [-0.25, -0.2) is 0 Å². The van der Waals surface area contributed by atoms with Crippen molar-refractivity contribution in [2.24, 2.45) is 5.92 Å². The van der Waals surface area contributed by atoms with Crippen LogP contribution in [0, 0.1) is 5.92 Å². The number of anilines is 1. The zero-order valence-electron chi connectivity index (χ0n) is 18.9. The van der Waals surface area contributed by atoms with E-state index < -0.39 is 0 Å². The fourth-order valence-corrected chi connectivity index (χ4v) is 2.80. The first-order chi connectivity index (χ1) is 14.9. The number of carbonyl (C=O) groups is 2. The van der Waals surface area contributed by atoms with Crippen LogP contribution in [0.5, 0.6) is 17.2 Å². The summed E-state index contributed by atoms with van der Waals surface area (Å²) in [5.41, 5.74) is 2.07. The molecule has 2 aromatic carbocycles. The summed E-state index contributed by atoms with van der Waals surface area (Å²) >= 11 is 0. The molecule has 0 aromatic heterocycles. The molecule has 0 heterocycles. The maximum Gasteiger partial charge on any atom is 0.251 e. The van der Waals surface area contributed by atoms with Crippen molar-refractivity contribution in [2.45, 2.75) is 41.2 Å². The van der Waals surface area contributed by atoms with E-state index in [4.69, 9.17) is 14.2 Å². The quantitative estimate of drug-likeness (QED) is 0.554. The minimum atomic E-state index is -0.248. The molecule has 168 valence electrons. The van der Waals surface area contributed by atoms with Crippen LogP contribution in [0.2, 0.25) is 0 Å². The average Bonchev–Trinajstić information content (AvgIpc) is 2.75. The van der Waals surface area contributed by atoms with Crippen LogP contribution in [0.4, 0.5) is 5.69 Å². The molecule has 31 heavy (non-hydrogen) atoms. The molecule has 2 rings (SSSR count). The summed E-state index contributed by atoms with van der Waals surface area (Å²) in [4.78, 5) is 24.6. The zero-order chi connectivity index (χ0) is 22.8. The molecule has 2 amide bonds. The Labute approximate surface area is 184 Å². The van der Waals surface area contributed by atoms with Crippen molar-refractivity contribution in [1.29, 1.82) is 0 Å². The summed E-state index contributed by atoms with van der Waals surface area (Å²) in [7, 11) is 0. The Kier molecular flexibility index (Phi) is 9.18. The van der Waals surface area contributed by atoms with Gasteiger partial charge in [-0.1, -0.05) is 26.0 Å². The summed E-state index contributed by atoms with van der Waals surface area (Å²) in [6.45, 7) is 11.0. The Balaban J connectivity index is 2.11. The lowest BCUT2D eigenvalue weighted by atomic mass is 10.1. The summed E-state index contributed by atoms with van der Waals surface area (Å²) in [6.07, 6.45) is 0. The van der Waals surface area contributed by atoms with Crippen molar-refractivity contribution in [3.8, 4) is 17.2 Å². The summed E-state index contributed by atoms with van der Waals surface area (Å²) in [6, 6.07) is 10.7. The topological polar surface area (TPSA) is 85.9 Å². The number of hydrogen-bond donors (Lipinski definition) is 2. The van der Waals surface area contributed by atoms with Gasteiger partial charge in [0.2, 0.25) is 11.7 Å². The number of ether oxygens (including phenoxy) is 3. The van der Waals surface area contributed by atoms with Crippen LogP contribution in [0.1, 0.15) is 50.5 Å². The van der Waals surface area contributed by atoms with Crippen molar-refractivity contribution in [1.82, 2.24) is 5.32 Å². The molecule has 0 aliphatic carbocycles. The van der Waals surface area contributed by atoms with E-state index in [0.29, 0.717) is 49.2 Å². The van der Waals surface area contributed by atoms with E-state index in [-0.39, 0.29) is 17.7 Å². The molecule has 7 nitrogen and oxygen atoms in total. The third-order valence-corrected chi connectivity index (χ3v) is 4.37. The second-order valence-corrected chi connectivity index (χ2v) is 7.12. The minimum Gasteiger partial charge on any atom is -0.490 e. The highest BCUT2D eigenvalue weighted by molar-refractivity contribution is 5.95. The predicted molar refractivity (Wildman–Crippen MR) is 121 cm³/mol. The summed E-state index contributed by atoms with van der Waals surface area (Å²) < 4.78 is 17.0. The van der Waals surface area contributed by atoms with Crippen LogP contribution in [-0.4, -0.2) is 31.6 Å². The summed E-state index contributed by atoms with van der Waals surface area (Å²) in [5.74, 6) is 1.09. The third-order valence-electron chi connectivity index (χ3n) is 4.37. The predicted octanol–water partition coefficient (Wildman–Crippen LogP) is 4.41. The lowest BCUT2D eigenvalue weighted by Gasteiger charge is -2.17. The van der Waals surface area contributed by atoms with Gasteiger partial charge in [0.1, 0.15) is 0 Å². The fourth-order valence-electron chi connectivity index (χ4n) is 2.80. The molecule has 7 heteroatoms. The van der Waals surface area contributed by atoms with Crippen LogP contribution < -0.4 is 24.8 Å². The SMILES string of the molecule is CCOc1cc(C(=O)NCc2ccc(NC(=O)C(C)C)cc2)cc(OCC)c1OCC. The minimum absolute atomic E-state index is 0.0354. The molecule has 0 bridgehead atoms. The van der Waals surface area contributed by atoms with Crippen molar-refractivity contribution in [3.63, 3.8) is 0 Å². The molecule has 0 saturated heterocycles. The molecule has 2 aromatic rings. The largest absolute Gasteiger partial charge is 0.490 e. The molecule has 0 aliphatic rings. The van der Waals surface area contributed by atoms with E-state index in [2.05, 4.69) is 10.6 Å². The van der Waals surface area contributed by atoms with E-state index in [1.54, 1.807) is 12.1 Å². The number of carbonyl (C=O) groups excluding carboxylic acids is 2. The first kappa shape index (κ1) is 24.1. The lowest BCUT2D eigenvalue weighted by Crippen LogP contribution is -2.23. The van der Waals surface area contributed by atoms with Crippen molar-refractivity contribution >= 4 is 17.5 Å². The molecule has 0 radical (unpaired) electrons. The van der Waals surface area contributed by atoms with Crippen molar-refractivity contribution in [2.75, 3.05) is 25.1 Å². The van der Waals surface area contributed by atoms with Gasteiger partial charge in [-0.15, -0.1) is 0 Å². The molecule has 0 unspecified atom stereocenters. The third kappa shape index (κ3) is 6.91. The lowest BCUT2D eigenvalue weighted by molar-refractivity contribution is -0.118. The Morgan fingerprint density at radius 3 is 1.90 bits per heavy atom. The highest BCUT2D eigenvalue weighted by Gasteiger charge is 2.18. The van der Waals surface area contributed by atoms with Crippen LogP contribution in [0.25, 0.3) is 0 Å². The zero-order valence-corrected chi connectivity index (χ0v) is 18.9. The average molecular weight is 429 g/mol. The standard InChI is InChI=1S/C24H32N2O5/c1-6-29-20-13-18(14-21(30-7-2)22(20)31-8-3)24(28)25-15-17-9-11-19(12-10-17)26-23(27)16(4)5/h9-14,16H,6-8,15H2,1-5H3,(H,25,28)(H,26,27). The maximum absolute atomic E-state index is 12.8. The first-order valence-electron chi connectivity index (χ1n) is 10.6. The van der Waals surface area contributed by atoms with E-state index in [1.807, 2.05) is 58.9 Å². The molecule has 0 spiro atoms. The van der Waals surface area contributed by atoms with Crippen LogP contribution in [0.15, 0.2) is 36.4 Å². The summed E-state index contributed by atoms with van der Waals surface area (Å²) in [5, 5.41) is 5.75. The van der Waals surface area contributed by atoms with Gasteiger partial charge in [-0.05, 0) is 50.6 Å². The van der Waals surface area contributed by atoms with E-state index in [1.165, 1.54) is 0 Å². The van der Waals surface area contributed by atoms with Gasteiger partial charge in [0, 0.05) is 23.7 Å². The molecule has 2 N–H and O–H groups in total. The molecule has 0 atom stereocenters. The van der Waals surface area contributed by atoms with Crippen LogP contribution in [-0.2, 0) is 11.3 Å². The van der Waals surface area contributed by atoms with Crippen LogP contribution >= 0.6 is 0 Å². The molecule has 0 saturated carbocycles. The highest BCUT2D eigenvalue weighted by Crippen LogP contribution is 2.39. The first-order valence-corrected chi connectivity index (χ1v) is 10.6. The van der Waals surface area contributed by atoms with E-state index in [9.17, 15) is 9.59 Å². The number of amides is 2. The Morgan fingerprint density at radius 2 is 1.42 bits per heavy atom. The molecule has 0 fully saturated rings. The monoisotopic (exact) mass is 428 g/mol. The Morgan fingerprint density at radius 1 is 0.871 bits per heavy atom. The van der Waals surface area contributed by atoms with E-state index >= 15 is 0 Å². The second kappa shape index (κ2) is 11.8. The van der Waals surface area contributed by atoms with Crippen molar-refractivity contribution < 1.29 is 23.8 Å².